The number of ether oxygens (including phenoxy) is 1. The summed E-state index contributed by atoms with van der Waals surface area (Å²) in [5, 5.41) is 0. The van der Waals surface area contributed by atoms with E-state index in [2.05, 4.69) is 0 Å². The second kappa shape index (κ2) is 5.81. The molecular weight excluding hydrogens is 261 g/mol. The number of hydrogen-bond donors (Lipinski definition) is 1. The van der Waals surface area contributed by atoms with Crippen LogP contribution in [0.25, 0.3) is 0 Å². The first-order valence-corrected chi connectivity index (χ1v) is 5.50. The van der Waals surface area contributed by atoms with Gasteiger partial charge in [-0.1, -0.05) is 0 Å². The number of nitrogens with two attached hydrogens (primary N) is 1. The van der Waals surface area contributed by atoms with E-state index in [1.54, 1.807) is 0 Å². The van der Waals surface area contributed by atoms with Crippen LogP contribution in [0.15, 0.2) is 18.2 Å². The van der Waals surface area contributed by atoms with Crippen molar-refractivity contribution in [3.05, 3.63) is 23.8 Å². The van der Waals surface area contributed by atoms with Crippen molar-refractivity contribution in [1.82, 2.24) is 4.90 Å². The molecule has 1 aromatic rings. The maximum atomic E-state index is 12.1. The second-order valence-electron chi connectivity index (χ2n) is 4.05. The first-order valence-electron chi connectivity index (χ1n) is 5.50. The van der Waals surface area contributed by atoms with E-state index in [0.717, 1.165) is 4.90 Å². The van der Waals surface area contributed by atoms with Crippen LogP contribution in [0.1, 0.15) is 16.8 Å². The molecule has 0 atom stereocenters. The molecule has 0 saturated carbocycles. The summed E-state index contributed by atoms with van der Waals surface area (Å²) in [6, 6.07) is 4.41. The molecule has 0 heterocycles. The van der Waals surface area contributed by atoms with Crippen LogP contribution in [-0.2, 0) is 0 Å². The van der Waals surface area contributed by atoms with E-state index in [0.29, 0.717) is 5.75 Å². The van der Waals surface area contributed by atoms with Crippen LogP contribution in [0.3, 0.4) is 0 Å². The number of carbonyl (C=O) groups excluding carboxylic acids is 1. The van der Waals surface area contributed by atoms with E-state index in [4.69, 9.17) is 10.5 Å². The minimum absolute atomic E-state index is 0.158. The van der Waals surface area contributed by atoms with E-state index in [1.165, 1.54) is 32.4 Å². The summed E-state index contributed by atoms with van der Waals surface area (Å²) in [4.78, 5) is 12.9. The van der Waals surface area contributed by atoms with Gasteiger partial charge >= 0.3 is 6.18 Å². The predicted molar refractivity (Wildman–Crippen MR) is 65.0 cm³/mol. The Bertz CT molecular complexity index is 461. The average molecular weight is 276 g/mol. The zero-order valence-electron chi connectivity index (χ0n) is 10.6. The molecule has 0 aromatic heterocycles. The summed E-state index contributed by atoms with van der Waals surface area (Å²) in [5.74, 6) is -0.0728. The van der Waals surface area contributed by atoms with Gasteiger partial charge in [-0.05, 0) is 12.1 Å². The highest BCUT2D eigenvalue weighted by atomic mass is 19.4. The fraction of sp³-hybridized carbons (Fsp3) is 0.417. The Hall–Kier alpha value is -1.92. The number of rotatable bonds is 4. The molecular formula is C12H15F3N2O2. The molecule has 1 aromatic carbocycles. The van der Waals surface area contributed by atoms with E-state index >= 15 is 0 Å². The first kappa shape index (κ1) is 15.1. The zero-order chi connectivity index (χ0) is 14.6. The number of hydrogen-bond acceptors (Lipinski definition) is 3. The van der Waals surface area contributed by atoms with Crippen LogP contribution in [0.2, 0.25) is 0 Å². The van der Waals surface area contributed by atoms with Crippen molar-refractivity contribution in [2.24, 2.45) is 0 Å². The van der Waals surface area contributed by atoms with E-state index < -0.39 is 25.0 Å². The molecule has 0 radical (unpaired) electrons. The number of nitrogens with zero attached hydrogens (tertiary/aromatic N) is 1. The lowest BCUT2D eigenvalue weighted by atomic mass is 10.1. The van der Waals surface area contributed by atoms with Gasteiger partial charge in [-0.15, -0.1) is 0 Å². The Morgan fingerprint density at radius 2 is 2.05 bits per heavy atom. The zero-order valence-corrected chi connectivity index (χ0v) is 10.6. The summed E-state index contributed by atoms with van der Waals surface area (Å²) in [7, 11) is 2.75. The lowest BCUT2D eigenvalue weighted by Gasteiger charge is -2.19. The van der Waals surface area contributed by atoms with Crippen LogP contribution < -0.4 is 10.5 Å². The highest BCUT2D eigenvalue weighted by Crippen LogP contribution is 2.23. The quantitative estimate of drug-likeness (QED) is 0.858. The van der Waals surface area contributed by atoms with Gasteiger partial charge in [-0.2, -0.15) is 13.2 Å². The van der Waals surface area contributed by atoms with Gasteiger partial charge in [-0.3, -0.25) is 4.79 Å². The fourth-order valence-electron chi connectivity index (χ4n) is 1.46. The molecule has 7 heteroatoms. The highest BCUT2D eigenvalue weighted by Gasteiger charge is 2.28. The number of benzene rings is 1. The van der Waals surface area contributed by atoms with Crippen molar-refractivity contribution in [1.29, 1.82) is 0 Å². The van der Waals surface area contributed by atoms with Gasteiger partial charge < -0.3 is 15.4 Å². The largest absolute Gasteiger partial charge is 0.497 e. The van der Waals surface area contributed by atoms with Crippen molar-refractivity contribution in [3.8, 4) is 5.75 Å². The number of methoxy groups -OCH3 is 1. The SMILES string of the molecule is COc1ccc(C(=O)N(C)CCC(F)(F)F)c(N)c1. The molecule has 0 bridgehead atoms. The molecule has 0 aliphatic heterocycles. The van der Waals surface area contributed by atoms with E-state index in [1.807, 2.05) is 0 Å². The molecule has 4 nitrogen and oxygen atoms in total. The third kappa shape index (κ3) is 4.35. The molecule has 2 N–H and O–H groups in total. The van der Waals surface area contributed by atoms with Crippen molar-refractivity contribution in [3.63, 3.8) is 0 Å². The standard InChI is InChI=1S/C12H15F3N2O2/c1-17(6-5-12(13,14)15)11(18)9-4-3-8(19-2)7-10(9)16/h3-4,7H,5-6,16H2,1-2H3. The molecule has 1 amide bonds. The summed E-state index contributed by atoms with van der Waals surface area (Å²) in [5.41, 5.74) is 6.00. The van der Waals surface area contributed by atoms with Crippen molar-refractivity contribution in [2.45, 2.75) is 12.6 Å². The first-order chi connectivity index (χ1) is 8.74. The molecule has 0 unspecified atom stereocenters. The van der Waals surface area contributed by atoms with Gasteiger partial charge in [0.05, 0.1) is 19.1 Å². The Morgan fingerprint density at radius 3 is 2.53 bits per heavy atom. The summed E-state index contributed by atoms with van der Waals surface area (Å²) in [6.07, 6.45) is -5.34. The molecule has 0 saturated heterocycles. The van der Waals surface area contributed by atoms with Crippen LogP contribution in [-0.4, -0.2) is 37.7 Å². The minimum atomic E-state index is -4.29. The van der Waals surface area contributed by atoms with Gasteiger partial charge in [0.2, 0.25) is 0 Å². The van der Waals surface area contributed by atoms with Crippen LogP contribution in [0.5, 0.6) is 5.75 Å². The smallest absolute Gasteiger partial charge is 0.390 e. The van der Waals surface area contributed by atoms with Gasteiger partial charge in [0.1, 0.15) is 5.75 Å². The highest BCUT2D eigenvalue weighted by molar-refractivity contribution is 5.99. The number of alkyl halides is 3. The van der Waals surface area contributed by atoms with E-state index in [-0.39, 0.29) is 11.3 Å². The summed E-state index contributed by atoms with van der Waals surface area (Å²) in [6.45, 7) is -0.409. The third-order valence-electron chi connectivity index (χ3n) is 2.57. The topological polar surface area (TPSA) is 55.6 Å². The molecule has 106 valence electrons. The molecule has 1 rings (SSSR count). The van der Waals surface area contributed by atoms with Crippen LogP contribution in [0.4, 0.5) is 18.9 Å². The Kier molecular flexibility index (Phi) is 4.63. The fourth-order valence-corrected chi connectivity index (χ4v) is 1.46. The Balaban J connectivity index is 2.77. The second-order valence-corrected chi connectivity index (χ2v) is 4.05. The molecule has 19 heavy (non-hydrogen) atoms. The number of halogens is 3. The summed E-state index contributed by atoms with van der Waals surface area (Å²) >= 11 is 0. The number of anilines is 1. The minimum Gasteiger partial charge on any atom is -0.497 e. The van der Waals surface area contributed by atoms with Gasteiger partial charge in [0.15, 0.2) is 0 Å². The Morgan fingerprint density at radius 1 is 1.42 bits per heavy atom. The molecule has 0 fully saturated rings. The van der Waals surface area contributed by atoms with E-state index in [9.17, 15) is 18.0 Å². The predicted octanol–water partition coefficient (Wildman–Crippen LogP) is 2.30. The lowest BCUT2D eigenvalue weighted by Crippen LogP contribution is -2.31. The Labute approximate surface area is 108 Å². The monoisotopic (exact) mass is 276 g/mol. The normalized spacial score (nSPS) is 11.2. The molecule has 0 aliphatic carbocycles. The number of carbonyl (C=O) groups is 1. The maximum absolute atomic E-state index is 12.1. The molecule has 0 spiro atoms. The number of amides is 1. The summed E-state index contributed by atoms with van der Waals surface area (Å²) < 4.78 is 41.2. The van der Waals surface area contributed by atoms with Crippen molar-refractivity contribution < 1.29 is 22.7 Å². The van der Waals surface area contributed by atoms with Gasteiger partial charge in [0, 0.05) is 25.3 Å². The maximum Gasteiger partial charge on any atom is 0.390 e. The van der Waals surface area contributed by atoms with Crippen LogP contribution >= 0.6 is 0 Å². The third-order valence-corrected chi connectivity index (χ3v) is 2.57. The number of nitrogen functional groups attached to an aromatic ring is 1. The van der Waals surface area contributed by atoms with Gasteiger partial charge in [0.25, 0.3) is 5.91 Å². The van der Waals surface area contributed by atoms with Gasteiger partial charge in [-0.25, -0.2) is 0 Å². The molecule has 0 aliphatic rings. The lowest BCUT2D eigenvalue weighted by molar-refractivity contribution is -0.136. The van der Waals surface area contributed by atoms with Crippen molar-refractivity contribution >= 4 is 11.6 Å². The average Bonchev–Trinajstić information content (AvgIpc) is 2.34. The van der Waals surface area contributed by atoms with Crippen LogP contribution in [0, 0.1) is 0 Å². The van der Waals surface area contributed by atoms with Crippen molar-refractivity contribution in [2.75, 3.05) is 26.4 Å².